The Hall–Kier alpha value is -2.09. The van der Waals surface area contributed by atoms with Crippen molar-refractivity contribution >= 4 is 5.91 Å². The highest BCUT2D eigenvalue weighted by molar-refractivity contribution is 5.75. The second-order valence-corrected chi connectivity index (χ2v) is 3.35. The number of hydrogen-bond acceptors (Lipinski definition) is 3. The van der Waals surface area contributed by atoms with Crippen molar-refractivity contribution in [3.05, 3.63) is 29.6 Å². The average Bonchev–Trinajstić information content (AvgIpc) is 2.34. The largest absolute Gasteiger partial charge is 0.492 e. The minimum Gasteiger partial charge on any atom is -0.492 e. The van der Waals surface area contributed by atoms with Crippen LogP contribution in [0.4, 0.5) is 4.39 Å². The molecule has 0 aliphatic carbocycles. The van der Waals surface area contributed by atoms with Gasteiger partial charge in [0, 0.05) is 13.5 Å². The van der Waals surface area contributed by atoms with Gasteiger partial charge in [0.25, 0.3) is 0 Å². The predicted molar refractivity (Wildman–Crippen MR) is 59.9 cm³/mol. The quantitative estimate of drug-likeness (QED) is 0.790. The molecule has 5 heteroatoms. The Morgan fingerprint density at radius 2 is 2.35 bits per heavy atom. The fourth-order valence-electron chi connectivity index (χ4n) is 1.27. The second-order valence-electron chi connectivity index (χ2n) is 3.35. The number of halogens is 1. The van der Waals surface area contributed by atoms with Crippen molar-refractivity contribution in [2.24, 2.45) is 0 Å². The first kappa shape index (κ1) is 13.0. The molecule has 0 bridgehead atoms. The van der Waals surface area contributed by atoms with Gasteiger partial charge in [-0.05, 0) is 18.6 Å². The van der Waals surface area contributed by atoms with E-state index in [1.165, 1.54) is 18.2 Å². The molecule has 1 amide bonds. The number of nitrogens with one attached hydrogen (secondary N) is 1. The van der Waals surface area contributed by atoms with Gasteiger partial charge in [-0.2, -0.15) is 5.26 Å². The number of hydrogen-bond donors (Lipinski definition) is 1. The molecule has 1 rings (SSSR count). The summed E-state index contributed by atoms with van der Waals surface area (Å²) in [4.78, 5) is 10.9. The average molecular weight is 236 g/mol. The first-order valence-electron chi connectivity index (χ1n) is 5.21. The molecule has 0 heterocycles. The van der Waals surface area contributed by atoms with Crippen LogP contribution >= 0.6 is 0 Å². The van der Waals surface area contributed by atoms with Gasteiger partial charge >= 0.3 is 0 Å². The van der Waals surface area contributed by atoms with E-state index in [1.807, 2.05) is 0 Å². The zero-order valence-corrected chi connectivity index (χ0v) is 9.50. The summed E-state index contributed by atoms with van der Waals surface area (Å²) in [6.07, 6.45) is 0.856. The van der Waals surface area contributed by atoms with Gasteiger partial charge < -0.3 is 10.1 Å². The van der Waals surface area contributed by atoms with Crippen molar-refractivity contribution < 1.29 is 13.9 Å². The number of ether oxygens (including phenoxy) is 1. The Balaban J connectivity index is 2.50. The third kappa shape index (κ3) is 3.76. The number of carbonyl (C=O) groups excluding carboxylic acids is 1. The zero-order valence-electron chi connectivity index (χ0n) is 9.50. The maximum Gasteiger partial charge on any atom is 0.219 e. The number of nitrogens with zero attached hydrogens (tertiary/aromatic N) is 1. The van der Waals surface area contributed by atoms with Crippen LogP contribution in [-0.4, -0.2) is 19.6 Å². The molecular formula is C12H13FN2O2. The molecule has 0 aliphatic heterocycles. The number of nitriles is 1. The third-order valence-electron chi connectivity index (χ3n) is 2.17. The maximum absolute atomic E-state index is 13.2. The van der Waals surface area contributed by atoms with E-state index in [1.54, 1.807) is 13.1 Å². The van der Waals surface area contributed by atoms with E-state index in [-0.39, 0.29) is 23.8 Å². The fraction of sp³-hybridized carbons (Fsp3) is 0.333. The molecular weight excluding hydrogens is 223 g/mol. The summed E-state index contributed by atoms with van der Waals surface area (Å²) >= 11 is 0. The second kappa shape index (κ2) is 6.48. The molecule has 1 N–H and O–H groups in total. The summed E-state index contributed by atoms with van der Waals surface area (Å²) in [7, 11) is 1.56. The van der Waals surface area contributed by atoms with E-state index < -0.39 is 5.82 Å². The van der Waals surface area contributed by atoms with E-state index in [2.05, 4.69) is 5.32 Å². The Labute approximate surface area is 99.0 Å². The Kier molecular flexibility index (Phi) is 4.95. The molecule has 0 unspecified atom stereocenters. The summed E-state index contributed by atoms with van der Waals surface area (Å²) in [5.41, 5.74) is -0.104. The van der Waals surface area contributed by atoms with Crippen LogP contribution in [0.5, 0.6) is 5.75 Å². The van der Waals surface area contributed by atoms with E-state index in [4.69, 9.17) is 10.00 Å². The van der Waals surface area contributed by atoms with Crippen molar-refractivity contribution in [2.45, 2.75) is 12.8 Å². The molecule has 0 spiro atoms. The zero-order chi connectivity index (χ0) is 12.7. The molecule has 0 saturated carbocycles. The van der Waals surface area contributed by atoms with Gasteiger partial charge in [-0.15, -0.1) is 0 Å². The molecule has 0 fully saturated rings. The van der Waals surface area contributed by atoms with Crippen molar-refractivity contribution in [3.8, 4) is 11.8 Å². The minimum atomic E-state index is -0.601. The van der Waals surface area contributed by atoms with Crippen LogP contribution in [0.3, 0.4) is 0 Å². The topological polar surface area (TPSA) is 62.1 Å². The van der Waals surface area contributed by atoms with Gasteiger partial charge in [-0.1, -0.05) is 6.07 Å². The first-order chi connectivity index (χ1) is 8.19. The van der Waals surface area contributed by atoms with E-state index >= 15 is 0 Å². The van der Waals surface area contributed by atoms with Crippen molar-refractivity contribution in [2.75, 3.05) is 13.7 Å². The maximum atomic E-state index is 13.2. The lowest BCUT2D eigenvalue weighted by atomic mass is 10.2. The molecule has 4 nitrogen and oxygen atoms in total. The summed E-state index contributed by atoms with van der Waals surface area (Å²) in [5, 5.41) is 11.2. The Bertz CT molecular complexity index is 441. The summed E-state index contributed by atoms with van der Waals surface area (Å²) in [6, 6.07) is 5.96. The number of amides is 1. The molecule has 0 radical (unpaired) electrons. The Morgan fingerprint density at radius 3 is 3.00 bits per heavy atom. The van der Waals surface area contributed by atoms with Gasteiger partial charge in [0.2, 0.25) is 5.91 Å². The fourth-order valence-corrected chi connectivity index (χ4v) is 1.27. The highest BCUT2D eigenvalue weighted by atomic mass is 19.1. The molecule has 0 atom stereocenters. The number of benzene rings is 1. The smallest absolute Gasteiger partial charge is 0.219 e. The van der Waals surface area contributed by atoms with E-state index in [0.29, 0.717) is 12.8 Å². The summed E-state index contributed by atoms with van der Waals surface area (Å²) in [6.45, 7) is 0.269. The van der Waals surface area contributed by atoms with Crippen LogP contribution in [0.15, 0.2) is 18.2 Å². The normalized spacial score (nSPS) is 9.47. The number of rotatable bonds is 5. The lowest BCUT2D eigenvalue weighted by Crippen LogP contribution is -2.18. The van der Waals surface area contributed by atoms with Gasteiger partial charge in [-0.3, -0.25) is 4.79 Å². The highest BCUT2D eigenvalue weighted by Gasteiger charge is 2.08. The van der Waals surface area contributed by atoms with Crippen molar-refractivity contribution in [1.82, 2.24) is 5.32 Å². The summed E-state index contributed by atoms with van der Waals surface area (Å²) < 4.78 is 18.4. The molecule has 0 aromatic heterocycles. The Morgan fingerprint density at radius 1 is 1.59 bits per heavy atom. The SMILES string of the molecule is CNC(=O)CCCOc1cccc(F)c1C#N. The van der Waals surface area contributed by atoms with Crippen LogP contribution < -0.4 is 10.1 Å². The van der Waals surface area contributed by atoms with Gasteiger partial charge in [0.1, 0.15) is 23.2 Å². The lowest BCUT2D eigenvalue weighted by Gasteiger charge is -2.07. The van der Waals surface area contributed by atoms with E-state index in [0.717, 1.165) is 0 Å². The van der Waals surface area contributed by atoms with Crippen molar-refractivity contribution in [1.29, 1.82) is 5.26 Å². The van der Waals surface area contributed by atoms with Crippen LogP contribution in [0, 0.1) is 17.1 Å². The summed E-state index contributed by atoms with van der Waals surface area (Å²) in [5.74, 6) is -0.464. The molecule has 90 valence electrons. The molecule has 1 aromatic rings. The predicted octanol–water partition coefficient (Wildman–Crippen LogP) is 1.60. The van der Waals surface area contributed by atoms with Crippen molar-refractivity contribution in [3.63, 3.8) is 0 Å². The molecule has 17 heavy (non-hydrogen) atoms. The third-order valence-corrected chi connectivity index (χ3v) is 2.17. The van der Waals surface area contributed by atoms with Gasteiger partial charge in [-0.25, -0.2) is 4.39 Å². The van der Waals surface area contributed by atoms with Crippen LogP contribution in [-0.2, 0) is 4.79 Å². The molecule has 1 aromatic carbocycles. The molecule has 0 aliphatic rings. The highest BCUT2D eigenvalue weighted by Crippen LogP contribution is 2.20. The first-order valence-corrected chi connectivity index (χ1v) is 5.21. The standard InChI is InChI=1S/C12H13FN2O2/c1-15-12(16)6-3-7-17-11-5-2-4-10(13)9(11)8-14/h2,4-5H,3,6-7H2,1H3,(H,15,16). The van der Waals surface area contributed by atoms with Gasteiger partial charge in [0.05, 0.1) is 6.61 Å². The monoisotopic (exact) mass is 236 g/mol. The van der Waals surface area contributed by atoms with Crippen LogP contribution in [0.25, 0.3) is 0 Å². The van der Waals surface area contributed by atoms with Gasteiger partial charge in [0.15, 0.2) is 0 Å². The minimum absolute atomic E-state index is 0.0756. The lowest BCUT2D eigenvalue weighted by molar-refractivity contribution is -0.120. The molecule has 0 saturated heterocycles. The van der Waals surface area contributed by atoms with Crippen LogP contribution in [0.2, 0.25) is 0 Å². The van der Waals surface area contributed by atoms with Crippen LogP contribution in [0.1, 0.15) is 18.4 Å². The number of carbonyl (C=O) groups is 1. The van der Waals surface area contributed by atoms with E-state index in [9.17, 15) is 9.18 Å².